The van der Waals surface area contributed by atoms with Crippen molar-refractivity contribution in [1.82, 2.24) is 9.47 Å². The molecule has 3 aromatic rings. The highest BCUT2D eigenvalue weighted by atomic mass is 32.1. The minimum Gasteiger partial charge on any atom is -0.465 e. The molecule has 0 atom stereocenters. The standard InChI is InChI=1S/C23H20N4O6S/c1-3-33-20(30)12-26-17-9-8-14(24-13(2)28)10-18(17)34-23(26)25-19(29)11-27-21(31)15-6-4-5-7-16(15)22(27)32/h4-10H,3,11-12H2,1-2H3,(H,24,28). The number of ether oxygens (including phenoxy) is 1. The topological polar surface area (TPSA) is 127 Å². The first-order chi connectivity index (χ1) is 16.3. The molecule has 1 aliphatic heterocycles. The van der Waals surface area contributed by atoms with Crippen molar-refractivity contribution >= 4 is 56.8 Å². The van der Waals surface area contributed by atoms with Crippen LogP contribution in [0.1, 0.15) is 34.6 Å². The number of imide groups is 1. The molecule has 1 aliphatic rings. The fraction of sp³-hybridized carbons (Fsp3) is 0.217. The summed E-state index contributed by atoms with van der Waals surface area (Å²) in [5, 5.41) is 2.68. The first-order valence-corrected chi connectivity index (χ1v) is 11.2. The molecular weight excluding hydrogens is 460 g/mol. The Bertz CT molecular complexity index is 1390. The number of nitrogens with one attached hydrogen (secondary N) is 1. The van der Waals surface area contributed by atoms with Gasteiger partial charge in [-0.05, 0) is 37.3 Å². The number of rotatable bonds is 6. The van der Waals surface area contributed by atoms with Crippen molar-refractivity contribution in [1.29, 1.82) is 0 Å². The number of aromatic nitrogens is 1. The first kappa shape index (κ1) is 23.1. The zero-order valence-corrected chi connectivity index (χ0v) is 19.2. The van der Waals surface area contributed by atoms with E-state index in [1.54, 1.807) is 37.3 Å². The van der Waals surface area contributed by atoms with Gasteiger partial charge in [-0.25, -0.2) is 0 Å². The summed E-state index contributed by atoms with van der Waals surface area (Å²) in [7, 11) is 0. The number of carbonyl (C=O) groups excluding carboxylic acids is 5. The lowest BCUT2D eigenvalue weighted by Crippen LogP contribution is -2.35. The number of carbonyl (C=O) groups is 5. The van der Waals surface area contributed by atoms with Crippen LogP contribution in [0.2, 0.25) is 0 Å². The molecule has 0 radical (unpaired) electrons. The minimum absolute atomic E-state index is 0.188. The molecule has 0 aliphatic carbocycles. The van der Waals surface area contributed by atoms with E-state index >= 15 is 0 Å². The molecule has 174 valence electrons. The molecule has 4 amide bonds. The van der Waals surface area contributed by atoms with Crippen LogP contribution in [0.5, 0.6) is 0 Å². The molecule has 0 saturated carbocycles. The molecule has 0 unspecified atom stereocenters. The van der Waals surface area contributed by atoms with E-state index in [9.17, 15) is 24.0 Å². The largest absolute Gasteiger partial charge is 0.465 e. The number of amides is 4. The van der Waals surface area contributed by atoms with E-state index in [0.29, 0.717) is 15.9 Å². The Labute approximate surface area is 197 Å². The van der Waals surface area contributed by atoms with Crippen LogP contribution in [0.15, 0.2) is 47.5 Å². The van der Waals surface area contributed by atoms with Gasteiger partial charge < -0.3 is 14.6 Å². The summed E-state index contributed by atoms with van der Waals surface area (Å²) in [6, 6.07) is 11.4. The first-order valence-electron chi connectivity index (χ1n) is 10.4. The Kier molecular flexibility index (Phi) is 6.37. The van der Waals surface area contributed by atoms with Gasteiger partial charge in [0.1, 0.15) is 13.1 Å². The molecule has 1 aromatic heterocycles. The lowest BCUT2D eigenvalue weighted by Gasteiger charge is -2.10. The van der Waals surface area contributed by atoms with E-state index in [1.807, 2.05) is 0 Å². The van der Waals surface area contributed by atoms with Gasteiger partial charge in [0, 0.05) is 12.6 Å². The van der Waals surface area contributed by atoms with Crippen LogP contribution in [-0.2, 0) is 25.7 Å². The molecule has 0 fully saturated rings. The SMILES string of the molecule is CCOC(=O)Cn1c(=NC(=O)CN2C(=O)c3ccccc3C2=O)sc2cc(NC(C)=O)ccc21. The summed E-state index contributed by atoms with van der Waals surface area (Å²) in [6.45, 7) is 2.55. The number of anilines is 1. The summed E-state index contributed by atoms with van der Waals surface area (Å²) in [5.41, 5.74) is 1.64. The zero-order chi connectivity index (χ0) is 24.4. The molecule has 0 bridgehead atoms. The molecular formula is C23H20N4O6S. The average molecular weight is 481 g/mol. The third kappa shape index (κ3) is 4.50. The fourth-order valence-electron chi connectivity index (χ4n) is 3.59. The minimum atomic E-state index is -0.722. The molecule has 34 heavy (non-hydrogen) atoms. The van der Waals surface area contributed by atoms with E-state index in [-0.39, 0.29) is 35.0 Å². The normalized spacial score (nSPS) is 13.4. The van der Waals surface area contributed by atoms with Gasteiger partial charge >= 0.3 is 5.97 Å². The van der Waals surface area contributed by atoms with E-state index in [4.69, 9.17) is 4.74 Å². The Hall–Kier alpha value is -4.12. The maximum atomic E-state index is 12.8. The van der Waals surface area contributed by atoms with Crippen molar-refractivity contribution in [2.45, 2.75) is 20.4 Å². The second-order valence-electron chi connectivity index (χ2n) is 7.39. The molecule has 2 aromatic carbocycles. The van der Waals surface area contributed by atoms with Crippen molar-refractivity contribution in [3.8, 4) is 0 Å². The van der Waals surface area contributed by atoms with E-state index in [1.165, 1.54) is 23.6 Å². The van der Waals surface area contributed by atoms with Crippen molar-refractivity contribution in [3.05, 3.63) is 58.4 Å². The Morgan fingerprint density at radius 1 is 1.03 bits per heavy atom. The van der Waals surface area contributed by atoms with Gasteiger partial charge in [0.15, 0.2) is 4.80 Å². The van der Waals surface area contributed by atoms with Crippen LogP contribution in [-0.4, -0.2) is 52.2 Å². The summed E-state index contributed by atoms with van der Waals surface area (Å²) < 4.78 is 7.23. The predicted molar refractivity (Wildman–Crippen MR) is 123 cm³/mol. The second kappa shape index (κ2) is 9.40. The van der Waals surface area contributed by atoms with Gasteiger partial charge in [-0.1, -0.05) is 23.5 Å². The molecule has 0 spiro atoms. The van der Waals surface area contributed by atoms with Crippen molar-refractivity contribution in [2.75, 3.05) is 18.5 Å². The third-order valence-electron chi connectivity index (χ3n) is 4.99. The number of nitrogens with zero attached hydrogens (tertiary/aromatic N) is 3. The summed E-state index contributed by atoms with van der Waals surface area (Å²) in [5.74, 6) is -2.58. The second-order valence-corrected chi connectivity index (χ2v) is 8.40. The van der Waals surface area contributed by atoms with Crippen LogP contribution < -0.4 is 10.1 Å². The number of fused-ring (bicyclic) bond motifs is 2. The van der Waals surface area contributed by atoms with E-state index in [0.717, 1.165) is 16.2 Å². The lowest BCUT2D eigenvalue weighted by molar-refractivity contribution is -0.143. The molecule has 2 heterocycles. The third-order valence-corrected chi connectivity index (χ3v) is 6.03. The highest BCUT2D eigenvalue weighted by molar-refractivity contribution is 7.16. The van der Waals surface area contributed by atoms with Crippen molar-refractivity contribution in [3.63, 3.8) is 0 Å². The highest BCUT2D eigenvalue weighted by Crippen LogP contribution is 2.23. The van der Waals surface area contributed by atoms with Gasteiger partial charge in [-0.3, -0.25) is 28.9 Å². The number of esters is 1. The van der Waals surface area contributed by atoms with Gasteiger partial charge in [-0.15, -0.1) is 0 Å². The van der Waals surface area contributed by atoms with Gasteiger partial charge in [-0.2, -0.15) is 4.99 Å². The molecule has 1 N–H and O–H groups in total. The molecule has 0 saturated heterocycles. The number of benzene rings is 2. The number of thiazole rings is 1. The maximum Gasteiger partial charge on any atom is 0.326 e. The van der Waals surface area contributed by atoms with Crippen LogP contribution >= 0.6 is 11.3 Å². The quantitative estimate of drug-likeness (QED) is 0.424. The van der Waals surface area contributed by atoms with E-state index < -0.39 is 30.2 Å². The van der Waals surface area contributed by atoms with Gasteiger partial charge in [0.25, 0.3) is 17.7 Å². The Balaban J connectivity index is 1.68. The zero-order valence-electron chi connectivity index (χ0n) is 18.4. The predicted octanol–water partition coefficient (Wildman–Crippen LogP) is 1.95. The van der Waals surface area contributed by atoms with Gasteiger partial charge in [0.2, 0.25) is 5.91 Å². The summed E-state index contributed by atoms with van der Waals surface area (Å²) in [4.78, 5) is 66.6. The van der Waals surface area contributed by atoms with Crippen molar-refractivity contribution in [2.24, 2.45) is 4.99 Å². The van der Waals surface area contributed by atoms with Crippen LogP contribution in [0.4, 0.5) is 5.69 Å². The van der Waals surface area contributed by atoms with Crippen molar-refractivity contribution < 1.29 is 28.7 Å². The van der Waals surface area contributed by atoms with Gasteiger partial charge in [0.05, 0.1) is 28.0 Å². The Morgan fingerprint density at radius 2 is 1.71 bits per heavy atom. The average Bonchev–Trinajstić information content (AvgIpc) is 3.23. The monoisotopic (exact) mass is 480 g/mol. The van der Waals surface area contributed by atoms with Crippen LogP contribution in [0.3, 0.4) is 0 Å². The number of hydrogen-bond donors (Lipinski definition) is 1. The van der Waals surface area contributed by atoms with E-state index in [2.05, 4.69) is 10.3 Å². The number of hydrogen-bond acceptors (Lipinski definition) is 7. The summed E-state index contributed by atoms with van der Waals surface area (Å²) in [6.07, 6.45) is 0. The molecule has 10 nitrogen and oxygen atoms in total. The molecule has 11 heteroatoms. The summed E-state index contributed by atoms with van der Waals surface area (Å²) >= 11 is 1.13. The fourth-order valence-corrected chi connectivity index (χ4v) is 4.67. The maximum absolute atomic E-state index is 12.8. The van der Waals surface area contributed by atoms with Crippen LogP contribution in [0, 0.1) is 0 Å². The Morgan fingerprint density at radius 3 is 2.32 bits per heavy atom. The highest BCUT2D eigenvalue weighted by Gasteiger charge is 2.36. The smallest absolute Gasteiger partial charge is 0.326 e. The van der Waals surface area contributed by atoms with Crippen LogP contribution in [0.25, 0.3) is 10.2 Å². The lowest BCUT2D eigenvalue weighted by atomic mass is 10.1. The molecule has 4 rings (SSSR count).